The Bertz CT molecular complexity index is 426. The van der Waals surface area contributed by atoms with E-state index in [0.29, 0.717) is 0 Å². The Morgan fingerprint density at radius 3 is 2.40 bits per heavy atom. The van der Waals surface area contributed by atoms with Gasteiger partial charge in [-0.25, -0.2) is 5.84 Å². The summed E-state index contributed by atoms with van der Waals surface area (Å²) in [6.07, 6.45) is -5.28. The van der Waals surface area contributed by atoms with Gasteiger partial charge in [0.2, 0.25) is 11.9 Å². The highest BCUT2D eigenvalue weighted by Gasteiger charge is 2.25. The molecule has 0 aliphatic heterocycles. The average Bonchev–Trinajstić information content (AvgIpc) is 2.32. The van der Waals surface area contributed by atoms with Crippen molar-refractivity contribution in [1.82, 2.24) is 15.0 Å². The van der Waals surface area contributed by atoms with Gasteiger partial charge < -0.3 is 10.1 Å². The summed E-state index contributed by atoms with van der Waals surface area (Å²) in [5.74, 6) is 5.36. The summed E-state index contributed by atoms with van der Waals surface area (Å²) in [6, 6.07) is 0.0428. The molecule has 0 fully saturated rings. The number of hydrogen-bond donors (Lipinski definition) is 3. The molecule has 0 saturated carbocycles. The lowest BCUT2D eigenvalue weighted by atomic mass is 10.3. The van der Waals surface area contributed by atoms with Crippen molar-refractivity contribution in [2.45, 2.75) is 39.0 Å². The Hall–Kier alpha value is -1.84. The largest absolute Gasteiger partial charge is 0.461 e. The number of hydrazine groups is 1. The highest BCUT2D eigenvalue weighted by atomic mass is 19.4. The van der Waals surface area contributed by atoms with Crippen molar-refractivity contribution >= 4 is 11.9 Å². The van der Waals surface area contributed by atoms with Crippen molar-refractivity contribution in [1.29, 1.82) is 0 Å². The maximum atomic E-state index is 12.0. The SMILES string of the molecule is CC(C)Oc1nc(NN)nc(NCCCC(F)(F)F)n1. The molecule has 10 heteroatoms. The quantitative estimate of drug-likeness (QED) is 0.400. The molecule has 0 radical (unpaired) electrons. The van der Waals surface area contributed by atoms with Crippen molar-refractivity contribution in [2.75, 3.05) is 17.3 Å². The standard InChI is InChI=1S/C10H17F3N6O/c1-6(2)20-9-17-7(16-8(18-9)19-14)15-5-3-4-10(11,12)13/h6H,3-5,14H2,1-2H3,(H2,15,16,17,18,19). The summed E-state index contributed by atoms with van der Waals surface area (Å²) in [5, 5.41) is 2.67. The summed E-state index contributed by atoms with van der Waals surface area (Å²) < 4.78 is 41.3. The molecule has 0 aliphatic rings. The number of nitrogens with zero attached hydrogens (tertiary/aromatic N) is 3. The van der Waals surface area contributed by atoms with Crippen LogP contribution in [0.4, 0.5) is 25.1 Å². The number of ether oxygens (including phenoxy) is 1. The molecule has 20 heavy (non-hydrogen) atoms. The van der Waals surface area contributed by atoms with Crippen LogP contribution in [-0.2, 0) is 0 Å². The molecule has 4 N–H and O–H groups in total. The Balaban J connectivity index is 2.60. The highest BCUT2D eigenvalue weighted by Crippen LogP contribution is 2.21. The predicted octanol–water partition coefficient (Wildman–Crippen LogP) is 1.70. The minimum Gasteiger partial charge on any atom is -0.461 e. The van der Waals surface area contributed by atoms with Gasteiger partial charge in [-0.15, -0.1) is 0 Å². The molecule has 1 heterocycles. The fourth-order valence-electron chi connectivity index (χ4n) is 1.25. The van der Waals surface area contributed by atoms with E-state index in [9.17, 15) is 13.2 Å². The van der Waals surface area contributed by atoms with Gasteiger partial charge in [0.05, 0.1) is 6.10 Å². The van der Waals surface area contributed by atoms with Crippen LogP contribution in [0, 0.1) is 0 Å². The van der Waals surface area contributed by atoms with E-state index >= 15 is 0 Å². The maximum Gasteiger partial charge on any atom is 0.389 e. The maximum absolute atomic E-state index is 12.0. The third kappa shape index (κ3) is 6.36. The van der Waals surface area contributed by atoms with E-state index in [-0.39, 0.29) is 37.0 Å². The van der Waals surface area contributed by atoms with E-state index in [0.717, 1.165) is 0 Å². The molecular weight excluding hydrogens is 277 g/mol. The van der Waals surface area contributed by atoms with Crippen LogP contribution < -0.4 is 21.3 Å². The van der Waals surface area contributed by atoms with E-state index < -0.39 is 12.6 Å². The van der Waals surface area contributed by atoms with E-state index in [2.05, 4.69) is 25.7 Å². The predicted molar refractivity (Wildman–Crippen MR) is 67.2 cm³/mol. The van der Waals surface area contributed by atoms with Gasteiger partial charge in [-0.1, -0.05) is 0 Å². The fourth-order valence-corrected chi connectivity index (χ4v) is 1.25. The van der Waals surface area contributed by atoms with E-state index in [4.69, 9.17) is 10.6 Å². The van der Waals surface area contributed by atoms with Crippen molar-refractivity contribution in [2.24, 2.45) is 5.84 Å². The molecule has 7 nitrogen and oxygen atoms in total. The fraction of sp³-hybridized carbons (Fsp3) is 0.700. The van der Waals surface area contributed by atoms with Gasteiger partial charge in [0.1, 0.15) is 0 Å². The zero-order valence-corrected chi connectivity index (χ0v) is 11.2. The number of rotatable bonds is 7. The normalized spacial score (nSPS) is 11.6. The minimum absolute atomic E-state index is 0.0428. The summed E-state index contributed by atoms with van der Waals surface area (Å²) >= 11 is 0. The second-order valence-corrected chi connectivity index (χ2v) is 4.22. The first-order valence-corrected chi connectivity index (χ1v) is 6.00. The summed E-state index contributed by atoms with van der Waals surface area (Å²) in [5.41, 5.74) is 2.23. The van der Waals surface area contributed by atoms with Crippen LogP contribution in [0.1, 0.15) is 26.7 Å². The van der Waals surface area contributed by atoms with Gasteiger partial charge in [0.25, 0.3) is 0 Å². The Kier molecular flexibility index (Phi) is 5.74. The number of anilines is 2. The Labute approximate surface area is 114 Å². The van der Waals surface area contributed by atoms with Crippen LogP contribution in [0.2, 0.25) is 0 Å². The van der Waals surface area contributed by atoms with Gasteiger partial charge in [-0.05, 0) is 20.3 Å². The topological polar surface area (TPSA) is 98.0 Å². The lowest BCUT2D eigenvalue weighted by Crippen LogP contribution is -2.17. The molecule has 0 spiro atoms. The second kappa shape index (κ2) is 7.08. The number of aromatic nitrogens is 3. The third-order valence-electron chi connectivity index (χ3n) is 2.01. The molecule has 0 aliphatic carbocycles. The van der Waals surface area contributed by atoms with Crippen molar-refractivity contribution < 1.29 is 17.9 Å². The molecule has 1 rings (SSSR count). The van der Waals surface area contributed by atoms with Crippen molar-refractivity contribution in [3.8, 4) is 6.01 Å². The smallest absolute Gasteiger partial charge is 0.389 e. The van der Waals surface area contributed by atoms with Crippen LogP contribution in [0.15, 0.2) is 0 Å². The van der Waals surface area contributed by atoms with Crippen molar-refractivity contribution in [3.05, 3.63) is 0 Å². The van der Waals surface area contributed by atoms with E-state index in [1.165, 1.54) is 0 Å². The van der Waals surface area contributed by atoms with Gasteiger partial charge >= 0.3 is 12.2 Å². The first-order valence-electron chi connectivity index (χ1n) is 6.00. The highest BCUT2D eigenvalue weighted by molar-refractivity contribution is 5.34. The van der Waals surface area contributed by atoms with Gasteiger partial charge in [0, 0.05) is 13.0 Å². The number of alkyl halides is 3. The average molecular weight is 294 g/mol. The first-order chi connectivity index (χ1) is 9.30. The number of nitrogen functional groups attached to an aromatic ring is 1. The lowest BCUT2D eigenvalue weighted by molar-refractivity contribution is -0.134. The van der Waals surface area contributed by atoms with Gasteiger partial charge in [-0.2, -0.15) is 28.1 Å². The summed E-state index contributed by atoms with van der Waals surface area (Å²) in [4.78, 5) is 11.6. The van der Waals surface area contributed by atoms with Crippen molar-refractivity contribution in [3.63, 3.8) is 0 Å². The van der Waals surface area contributed by atoms with Gasteiger partial charge in [-0.3, -0.25) is 5.43 Å². The third-order valence-corrected chi connectivity index (χ3v) is 2.01. The molecule has 0 saturated heterocycles. The number of halogens is 3. The van der Waals surface area contributed by atoms with Crippen LogP contribution in [0.3, 0.4) is 0 Å². The summed E-state index contributed by atoms with van der Waals surface area (Å²) in [6.45, 7) is 3.65. The molecule has 0 unspecified atom stereocenters. The van der Waals surface area contributed by atoms with Crippen LogP contribution >= 0.6 is 0 Å². The zero-order chi connectivity index (χ0) is 15.2. The molecule has 0 atom stereocenters. The first kappa shape index (κ1) is 16.2. The number of nitrogens with one attached hydrogen (secondary N) is 2. The van der Waals surface area contributed by atoms with Crippen LogP contribution in [-0.4, -0.2) is 33.8 Å². The Morgan fingerprint density at radius 2 is 1.85 bits per heavy atom. The Morgan fingerprint density at radius 1 is 1.20 bits per heavy atom. The zero-order valence-electron chi connectivity index (χ0n) is 11.2. The number of hydrogen-bond acceptors (Lipinski definition) is 7. The number of nitrogens with two attached hydrogens (primary N) is 1. The van der Waals surface area contributed by atoms with Crippen LogP contribution in [0.5, 0.6) is 6.01 Å². The molecular formula is C10H17F3N6O. The van der Waals surface area contributed by atoms with E-state index in [1.807, 2.05) is 0 Å². The van der Waals surface area contributed by atoms with Gasteiger partial charge in [0.15, 0.2) is 0 Å². The molecule has 0 aromatic carbocycles. The minimum atomic E-state index is -4.17. The van der Waals surface area contributed by atoms with E-state index in [1.54, 1.807) is 13.8 Å². The lowest BCUT2D eigenvalue weighted by Gasteiger charge is -2.11. The molecule has 1 aromatic heterocycles. The monoisotopic (exact) mass is 294 g/mol. The molecule has 114 valence electrons. The van der Waals surface area contributed by atoms with Crippen LogP contribution in [0.25, 0.3) is 0 Å². The second-order valence-electron chi connectivity index (χ2n) is 4.22. The molecule has 0 amide bonds. The molecule has 0 bridgehead atoms. The summed E-state index contributed by atoms with van der Waals surface area (Å²) in [7, 11) is 0. The molecule has 1 aromatic rings.